The molecular formula is C12H22N2O. The molecule has 1 aliphatic heterocycles. The largest absolute Gasteiger partial charge is 0.354 e. The second-order valence-corrected chi connectivity index (χ2v) is 5.06. The van der Waals surface area contributed by atoms with Crippen LogP contribution in [0, 0.1) is 5.92 Å². The van der Waals surface area contributed by atoms with Crippen LogP contribution in [0.2, 0.25) is 0 Å². The van der Waals surface area contributed by atoms with Gasteiger partial charge in [-0.2, -0.15) is 0 Å². The van der Waals surface area contributed by atoms with E-state index in [0.717, 1.165) is 12.5 Å². The minimum absolute atomic E-state index is 0.198. The third-order valence-electron chi connectivity index (χ3n) is 3.83. The summed E-state index contributed by atoms with van der Waals surface area (Å²) in [4.78, 5) is 11.1. The molecule has 1 amide bonds. The standard InChI is InChI=1S/C12H22N2O/c1-9(10-5-3-2-4-6-10)14-11-7-12(15)13-8-11/h9-11,14H,2-8H2,1H3,(H,13,15). The van der Waals surface area contributed by atoms with E-state index in [1.54, 1.807) is 0 Å². The fourth-order valence-electron chi connectivity index (χ4n) is 2.87. The number of carbonyl (C=O) groups excluding carboxylic acids is 1. The molecule has 0 aromatic heterocycles. The van der Waals surface area contributed by atoms with Gasteiger partial charge < -0.3 is 10.6 Å². The van der Waals surface area contributed by atoms with E-state index in [1.165, 1.54) is 32.1 Å². The van der Waals surface area contributed by atoms with Gasteiger partial charge in [-0.15, -0.1) is 0 Å². The first-order valence-corrected chi connectivity index (χ1v) is 6.28. The SMILES string of the molecule is CC(NC1CNC(=O)C1)C1CCCCC1. The molecule has 1 saturated heterocycles. The van der Waals surface area contributed by atoms with Crippen molar-refractivity contribution in [3.05, 3.63) is 0 Å². The second-order valence-electron chi connectivity index (χ2n) is 5.06. The Labute approximate surface area is 92.0 Å². The Bertz CT molecular complexity index is 224. The van der Waals surface area contributed by atoms with Gasteiger partial charge in [-0.25, -0.2) is 0 Å². The van der Waals surface area contributed by atoms with Crippen LogP contribution in [0.3, 0.4) is 0 Å². The summed E-state index contributed by atoms with van der Waals surface area (Å²) in [5, 5.41) is 6.47. The molecule has 2 unspecified atom stereocenters. The van der Waals surface area contributed by atoms with Crippen LogP contribution in [0.4, 0.5) is 0 Å². The van der Waals surface area contributed by atoms with Gasteiger partial charge in [0.2, 0.25) is 5.91 Å². The highest BCUT2D eigenvalue weighted by Gasteiger charge is 2.26. The third kappa shape index (κ3) is 2.94. The lowest BCUT2D eigenvalue weighted by Gasteiger charge is -2.30. The van der Waals surface area contributed by atoms with Crippen molar-refractivity contribution in [2.45, 2.75) is 57.5 Å². The molecule has 2 fully saturated rings. The molecule has 2 atom stereocenters. The van der Waals surface area contributed by atoms with E-state index in [9.17, 15) is 4.79 Å². The zero-order valence-electron chi connectivity index (χ0n) is 9.59. The monoisotopic (exact) mass is 210 g/mol. The van der Waals surface area contributed by atoms with Crippen LogP contribution < -0.4 is 10.6 Å². The Morgan fingerprint density at radius 3 is 2.67 bits per heavy atom. The first-order valence-electron chi connectivity index (χ1n) is 6.28. The molecule has 2 rings (SSSR count). The Morgan fingerprint density at radius 2 is 2.07 bits per heavy atom. The number of amides is 1. The number of hydrogen-bond donors (Lipinski definition) is 2. The van der Waals surface area contributed by atoms with Crippen LogP contribution in [0.15, 0.2) is 0 Å². The molecule has 0 aromatic carbocycles. The van der Waals surface area contributed by atoms with Crippen molar-refractivity contribution in [1.29, 1.82) is 0 Å². The molecular weight excluding hydrogens is 188 g/mol. The molecule has 1 saturated carbocycles. The Balaban J connectivity index is 1.75. The van der Waals surface area contributed by atoms with Gasteiger partial charge >= 0.3 is 0 Å². The summed E-state index contributed by atoms with van der Waals surface area (Å²) in [5.74, 6) is 1.03. The van der Waals surface area contributed by atoms with Gasteiger partial charge in [-0.1, -0.05) is 19.3 Å². The van der Waals surface area contributed by atoms with E-state index in [2.05, 4.69) is 17.6 Å². The van der Waals surface area contributed by atoms with Crippen LogP contribution in [0.25, 0.3) is 0 Å². The topological polar surface area (TPSA) is 41.1 Å². The predicted octanol–water partition coefficient (Wildman–Crippen LogP) is 1.43. The fraction of sp³-hybridized carbons (Fsp3) is 0.917. The Hall–Kier alpha value is -0.570. The summed E-state index contributed by atoms with van der Waals surface area (Å²) in [6.07, 6.45) is 7.57. The Kier molecular flexibility index (Phi) is 3.62. The van der Waals surface area contributed by atoms with Gasteiger partial charge in [0.1, 0.15) is 0 Å². The molecule has 0 radical (unpaired) electrons. The smallest absolute Gasteiger partial charge is 0.221 e. The first-order chi connectivity index (χ1) is 7.25. The highest BCUT2D eigenvalue weighted by atomic mass is 16.1. The summed E-state index contributed by atoms with van der Waals surface area (Å²) in [6.45, 7) is 3.09. The molecule has 3 nitrogen and oxygen atoms in total. The number of nitrogens with one attached hydrogen (secondary N) is 2. The molecule has 0 spiro atoms. The third-order valence-corrected chi connectivity index (χ3v) is 3.83. The van der Waals surface area contributed by atoms with E-state index < -0.39 is 0 Å². The van der Waals surface area contributed by atoms with E-state index >= 15 is 0 Å². The van der Waals surface area contributed by atoms with Crippen LogP contribution in [-0.2, 0) is 4.79 Å². The minimum Gasteiger partial charge on any atom is -0.354 e. The number of carbonyl (C=O) groups is 1. The average Bonchev–Trinajstić information content (AvgIpc) is 2.65. The van der Waals surface area contributed by atoms with Gasteiger partial charge in [-0.05, 0) is 25.7 Å². The lowest BCUT2D eigenvalue weighted by molar-refractivity contribution is -0.119. The van der Waals surface area contributed by atoms with Gasteiger partial charge in [0.15, 0.2) is 0 Å². The zero-order valence-corrected chi connectivity index (χ0v) is 9.59. The molecule has 1 heterocycles. The van der Waals surface area contributed by atoms with Crippen molar-refractivity contribution in [3.63, 3.8) is 0 Å². The lowest BCUT2D eigenvalue weighted by Crippen LogP contribution is -2.42. The number of rotatable bonds is 3. The van der Waals surface area contributed by atoms with Crippen molar-refractivity contribution in [2.24, 2.45) is 5.92 Å². The van der Waals surface area contributed by atoms with E-state index in [-0.39, 0.29) is 5.91 Å². The maximum Gasteiger partial charge on any atom is 0.221 e. The van der Waals surface area contributed by atoms with Gasteiger partial charge in [0.05, 0.1) is 0 Å². The summed E-state index contributed by atoms with van der Waals surface area (Å²) in [5.41, 5.74) is 0. The maximum absolute atomic E-state index is 11.1. The van der Waals surface area contributed by atoms with E-state index in [1.807, 2.05) is 0 Å². The normalized spacial score (nSPS) is 30.2. The van der Waals surface area contributed by atoms with E-state index in [4.69, 9.17) is 0 Å². The molecule has 3 heteroatoms. The van der Waals surface area contributed by atoms with Gasteiger partial charge in [0.25, 0.3) is 0 Å². The highest BCUT2D eigenvalue weighted by Crippen LogP contribution is 2.26. The van der Waals surface area contributed by atoms with Crippen molar-refractivity contribution in [3.8, 4) is 0 Å². The van der Waals surface area contributed by atoms with Crippen LogP contribution in [0.5, 0.6) is 0 Å². The zero-order chi connectivity index (χ0) is 10.7. The fourth-order valence-corrected chi connectivity index (χ4v) is 2.87. The molecule has 86 valence electrons. The lowest BCUT2D eigenvalue weighted by atomic mass is 9.84. The highest BCUT2D eigenvalue weighted by molar-refractivity contribution is 5.78. The maximum atomic E-state index is 11.1. The first kappa shape index (κ1) is 10.9. The van der Waals surface area contributed by atoms with Crippen molar-refractivity contribution < 1.29 is 4.79 Å². The number of hydrogen-bond acceptors (Lipinski definition) is 2. The molecule has 2 N–H and O–H groups in total. The molecule has 2 aliphatic rings. The summed E-state index contributed by atoms with van der Waals surface area (Å²) in [6, 6.07) is 0.942. The second kappa shape index (κ2) is 4.97. The average molecular weight is 210 g/mol. The summed E-state index contributed by atoms with van der Waals surface area (Å²) in [7, 11) is 0. The van der Waals surface area contributed by atoms with E-state index in [0.29, 0.717) is 18.5 Å². The minimum atomic E-state index is 0.198. The van der Waals surface area contributed by atoms with Crippen LogP contribution in [-0.4, -0.2) is 24.5 Å². The molecule has 0 bridgehead atoms. The predicted molar refractivity (Wildman–Crippen MR) is 60.6 cm³/mol. The summed E-state index contributed by atoms with van der Waals surface area (Å²) < 4.78 is 0. The molecule has 0 aromatic rings. The quantitative estimate of drug-likeness (QED) is 0.740. The van der Waals surface area contributed by atoms with Crippen molar-refractivity contribution >= 4 is 5.91 Å². The molecule has 15 heavy (non-hydrogen) atoms. The van der Waals surface area contributed by atoms with Crippen molar-refractivity contribution in [1.82, 2.24) is 10.6 Å². The summed E-state index contributed by atoms with van der Waals surface area (Å²) >= 11 is 0. The van der Waals surface area contributed by atoms with Crippen LogP contribution in [0.1, 0.15) is 45.4 Å². The Morgan fingerprint density at radius 1 is 1.33 bits per heavy atom. The van der Waals surface area contributed by atoms with Gasteiger partial charge in [-0.3, -0.25) is 4.79 Å². The van der Waals surface area contributed by atoms with Gasteiger partial charge in [0, 0.05) is 25.0 Å². The molecule has 1 aliphatic carbocycles. The van der Waals surface area contributed by atoms with Crippen LogP contribution >= 0.6 is 0 Å². The van der Waals surface area contributed by atoms with Crippen molar-refractivity contribution in [2.75, 3.05) is 6.54 Å².